The fourth-order valence-corrected chi connectivity index (χ4v) is 2.78. The van der Waals surface area contributed by atoms with Crippen LogP contribution in [0.3, 0.4) is 0 Å². The molecule has 3 aliphatic heterocycles. The van der Waals surface area contributed by atoms with E-state index in [-0.39, 0.29) is 0 Å². The summed E-state index contributed by atoms with van der Waals surface area (Å²) in [5.74, 6) is 0. The summed E-state index contributed by atoms with van der Waals surface area (Å²) in [4.78, 5) is 4.94. The normalized spacial score (nSPS) is 27.1. The zero-order valence-corrected chi connectivity index (χ0v) is 14.3. The maximum absolute atomic E-state index is 5.01. The van der Waals surface area contributed by atoms with E-state index in [9.17, 15) is 0 Å². The molecule has 6 heteroatoms. The van der Waals surface area contributed by atoms with Crippen molar-refractivity contribution in [3.8, 4) is 0 Å². The number of morpholine rings is 1. The van der Waals surface area contributed by atoms with Gasteiger partial charge in [0.1, 0.15) is 0 Å². The van der Waals surface area contributed by atoms with Crippen LogP contribution in [0, 0.1) is 0 Å². The van der Waals surface area contributed by atoms with Gasteiger partial charge >= 0.3 is 0 Å². The van der Waals surface area contributed by atoms with Gasteiger partial charge in [-0.2, -0.15) is 0 Å². The highest BCUT2D eigenvalue weighted by Crippen LogP contribution is 2.26. The van der Waals surface area contributed by atoms with Crippen molar-refractivity contribution >= 4 is 0 Å². The summed E-state index contributed by atoms with van der Waals surface area (Å²) in [6.45, 7) is 13.6. The van der Waals surface area contributed by atoms with Crippen molar-refractivity contribution in [2.45, 2.75) is 18.9 Å². The molecule has 3 saturated heterocycles. The van der Waals surface area contributed by atoms with Crippen molar-refractivity contribution in [2.24, 2.45) is 0 Å². The molecule has 0 atom stereocenters. The highest BCUT2D eigenvalue weighted by molar-refractivity contribution is 4.86. The highest BCUT2D eigenvalue weighted by atomic mass is 16.5. The summed E-state index contributed by atoms with van der Waals surface area (Å²) in [6, 6.07) is 0.979. The first-order valence-corrected chi connectivity index (χ1v) is 8.99. The van der Waals surface area contributed by atoms with Gasteiger partial charge in [0.05, 0.1) is 13.2 Å². The lowest BCUT2D eigenvalue weighted by molar-refractivity contribution is 0.109. The molecule has 0 radical (unpaired) electrons. The maximum atomic E-state index is 5.01. The van der Waals surface area contributed by atoms with Gasteiger partial charge in [0, 0.05) is 71.5 Å². The molecule has 1 aliphatic carbocycles. The summed E-state index contributed by atoms with van der Waals surface area (Å²) in [7, 11) is 2.15. The van der Waals surface area contributed by atoms with Crippen LogP contribution in [0.15, 0.2) is 0 Å². The van der Waals surface area contributed by atoms with Gasteiger partial charge in [0.25, 0.3) is 0 Å². The van der Waals surface area contributed by atoms with Gasteiger partial charge < -0.3 is 25.6 Å². The molecule has 4 rings (SSSR count). The minimum Gasteiger partial charge on any atom is -0.379 e. The summed E-state index contributed by atoms with van der Waals surface area (Å²) in [5.41, 5.74) is 0. The van der Waals surface area contributed by atoms with Crippen LogP contribution in [0.1, 0.15) is 12.8 Å². The second-order valence-corrected chi connectivity index (χ2v) is 6.43. The molecule has 4 fully saturated rings. The molecular formula is C16H35N5O. The van der Waals surface area contributed by atoms with E-state index in [1.807, 2.05) is 0 Å². The fourth-order valence-electron chi connectivity index (χ4n) is 2.78. The SMILES string of the molecule is C1CN(C2CC2)CCN1.C1COCCN1.CN1CCNCC1. The quantitative estimate of drug-likeness (QED) is 0.588. The molecule has 6 nitrogen and oxygen atoms in total. The lowest BCUT2D eigenvalue weighted by Gasteiger charge is -2.26. The first-order valence-electron chi connectivity index (χ1n) is 8.99. The van der Waals surface area contributed by atoms with Crippen molar-refractivity contribution in [1.82, 2.24) is 25.8 Å². The van der Waals surface area contributed by atoms with E-state index in [1.54, 1.807) is 0 Å². The molecule has 0 aromatic rings. The summed E-state index contributed by atoms with van der Waals surface area (Å²) in [5, 5.41) is 9.79. The highest BCUT2D eigenvalue weighted by Gasteiger charge is 2.28. The molecule has 0 spiro atoms. The lowest BCUT2D eigenvalue weighted by atomic mass is 10.3. The number of hydrogen-bond donors (Lipinski definition) is 3. The molecule has 3 N–H and O–H groups in total. The molecule has 4 aliphatic rings. The van der Waals surface area contributed by atoms with E-state index in [2.05, 4.69) is 32.8 Å². The Kier molecular flexibility index (Phi) is 9.31. The van der Waals surface area contributed by atoms with Crippen molar-refractivity contribution in [3.63, 3.8) is 0 Å². The molecular weight excluding hydrogens is 278 g/mol. The molecule has 1 saturated carbocycles. The van der Waals surface area contributed by atoms with E-state index >= 15 is 0 Å². The van der Waals surface area contributed by atoms with Crippen LogP contribution >= 0.6 is 0 Å². The van der Waals surface area contributed by atoms with Crippen molar-refractivity contribution in [1.29, 1.82) is 0 Å². The van der Waals surface area contributed by atoms with Gasteiger partial charge in [-0.05, 0) is 19.9 Å². The van der Waals surface area contributed by atoms with Crippen molar-refractivity contribution < 1.29 is 4.74 Å². The van der Waals surface area contributed by atoms with Gasteiger partial charge in [-0.3, -0.25) is 4.90 Å². The molecule has 0 aromatic heterocycles. The average Bonchev–Trinajstić information content (AvgIpc) is 3.44. The van der Waals surface area contributed by atoms with E-state index < -0.39 is 0 Å². The van der Waals surface area contributed by atoms with E-state index in [1.165, 1.54) is 52.1 Å². The van der Waals surface area contributed by atoms with Gasteiger partial charge in [0.2, 0.25) is 0 Å². The Morgan fingerprint density at radius 1 is 0.727 bits per heavy atom. The summed E-state index contributed by atoms with van der Waals surface area (Å²) in [6.07, 6.45) is 2.92. The maximum Gasteiger partial charge on any atom is 0.0591 e. The van der Waals surface area contributed by atoms with Crippen molar-refractivity contribution in [3.05, 3.63) is 0 Å². The Morgan fingerprint density at radius 3 is 1.55 bits per heavy atom. The summed E-state index contributed by atoms with van der Waals surface area (Å²) >= 11 is 0. The number of nitrogens with zero attached hydrogens (tertiary/aromatic N) is 2. The minimum absolute atomic E-state index is 0.889. The number of nitrogens with one attached hydrogen (secondary N) is 3. The first kappa shape index (κ1) is 18.1. The Labute approximate surface area is 135 Å². The lowest BCUT2D eigenvalue weighted by Crippen LogP contribution is -2.44. The van der Waals surface area contributed by atoms with Crippen LogP contribution in [-0.2, 0) is 4.74 Å². The van der Waals surface area contributed by atoms with E-state index in [0.29, 0.717) is 0 Å². The Balaban J connectivity index is 0.000000124. The molecule has 0 amide bonds. The van der Waals surface area contributed by atoms with Gasteiger partial charge in [-0.15, -0.1) is 0 Å². The molecule has 130 valence electrons. The third-order valence-electron chi connectivity index (χ3n) is 4.40. The number of hydrogen-bond acceptors (Lipinski definition) is 6. The largest absolute Gasteiger partial charge is 0.379 e. The van der Waals surface area contributed by atoms with E-state index in [0.717, 1.165) is 45.4 Å². The van der Waals surface area contributed by atoms with Crippen molar-refractivity contribution in [2.75, 3.05) is 85.7 Å². The Hall–Kier alpha value is -0.240. The first-order chi connectivity index (χ1) is 10.9. The number of piperazine rings is 2. The monoisotopic (exact) mass is 313 g/mol. The predicted molar refractivity (Wildman–Crippen MR) is 91.5 cm³/mol. The second kappa shape index (κ2) is 11.3. The zero-order valence-electron chi connectivity index (χ0n) is 14.3. The molecule has 22 heavy (non-hydrogen) atoms. The predicted octanol–water partition coefficient (Wildman–Crippen LogP) is -0.818. The van der Waals surface area contributed by atoms with Crippen LogP contribution in [0.5, 0.6) is 0 Å². The number of likely N-dealkylation sites (N-methyl/N-ethyl adjacent to an activating group) is 1. The molecule has 0 aromatic carbocycles. The fraction of sp³-hybridized carbons (Fsp3) is 1.00. The third-order valence-corrected chi connectivity index (χ3v) is 4.40. The van der Waals surface area contributed by atoms with Gasteiger partial charge in [0.15, 0.2) is 0 Å². The van der Waals surface area contributed by atoms with Crippen LogP contribution in [-0.4, -0.2) is 102 Å². The second-order valence-electron chi connectivity index (χ2n) is 6.43. The molecule has 0 unspecified atom stereocenters. The standard InChI is InChI=1S/C7H14N2.C5H12N2.C4H9NO/c1-2-7(1)9-5-3-8-4-6-9;1-7-4-2-6-3-5-7;1-3-6-4-2-5-1/h7-8H,1-6H2;6H,2-5H2,1H3;5H,1-4H2. The number of ether oxygens (including phenoxy) is 1. The van der Waals surface area contributed by atoms with Crippen LogP contribution in [0.4, 0.5) is 0 Å². The van der Waals surface area contributed by atoms with Crippen LogP contribution in [0.25, 0.3) is 0 Å². The molecule has 3 heterocycles. The Bertz CT molecular complexity index is 248. The minimum atomic E-state index is 0.889. The topological polar surface area (TPSA) is 51.8 Å². The van der Waals surface area contributed by atoms with Gasteiger partial charge in [-0.1, -0.05) is 0 Å². The van der Waals surface area contributed by atoms with Crippen LogP contribution in [0.2, 0.25) is 0 Å². The zero-order chi connectivity index (χ0) is 15.5. The van der Waals surface area contributed by atoms with Gasteiger partial charge in [-0.25, -0.2) is 0 Å². The Morgan fingerprint density at radius 2 is 1.23 bits per heavy atom. The smallest absolute Gasteiger partial charge is 0.0591 e. The average molecular weight is 313 g/mol. The number of rotatable bonds is 1. The van der Waals surface area contributed by atoms with E-state index in [4.69, 9.17) is 4.74 Å². The third kappa shape index (κ3) is 8.41. The van der Waals surface area contributed by atoms with Crippen LogP contribution < -0.4 is 16.0 Å². The molecule has 0 bridgehead atoms. The summed E-state index contributed by atoms with van der Waals surface area (Å²) < 4.78 is 5.01.